The Hall–Kier alpha value is -2.76. The minimum absolute atomic E-state index is 0.183. The van der Waals surface area contributed by atoms with Crippen LogP contribution < -0.4 is 16.0 Å². The normalized spacial score (nSPS) is 24.4. The van der Waals surface area contributed by atoms with E-state index in [0.29, 0.717) is 17.3 Å². The van der Waals surface area contributed by atoms with Gasteiger partial charge in [0.05, 0.1) is 6.26 Å². The number of urea groups is 1. The van der Waals surface area contributed by atoms with Crippen molar-refractivity contribution in [3.05, 3.63) is 48.4 Å². The van der Waals surface area contributed by atoms with Crippen LogP contribution in [0.15, 0.2) is 47.1 Å². The molecule has 4 rings (SSSR count). The van der Waals surface area contributed by atoms with Crippen LogP contribution in [0, 0.1) is 17.8 Å². The van der Waals surface area contributed by atoms with E-state index in [2.05, 4.69) is 22.9 Å². The van der Waals surface area contributed by atoms with E-state index in [0.717, 1.165) is 11.8 Å². The van der Waals surface area contributed by atoms with Gasteiger partial charge in [-0.25, -0.2) is 4.79 Å². The van der Waals surface area contributed by atoms with Gasteiger partial charge >= 0.3 is 6.03 Å². The summed E-state index contributed by atoms with van der Waals surface area (Å²) < 4.78 is 5.06. The molecule has 2 bridgehead atoms. The zero-order valence-electron chi connectivity index (χ0n) is 15.4. The maximum Gasteiger partial charge on any atom is 0.319 e. The summed E-state index contributed by atoms with van der Waals surface area (Å²) in [4.78, 5) is 24.3. The first kappa shape index (κ1) is 17.6. The molecule has 3 amide bonds. The van der Waals surface area contributed by atoms with Gasteiger partial charge in [-0.3, -0.25) is 4.79 Å². The number of carbonyl (C=O) groups is 2. The largest absolute Gasteiger partial charge is 0.459 e. The Kier molecular flexibility index (Phi) is 4.88. The van der Waals surface area contributed by atoms with Crippen molar-refractivity contribution in [2.75, 3.05) is 10.6 Å². The molecule has 0 saturated heterocycles. The highest BCUT2D eigenvalue weighted by atomic mass is 16.3. The Morgan fingerprint density at radius 2 is 1.78 bits per heavy atom. The molecule has 2 fully saturated rings. The van der Waals surface area contributed by atoms with E-state index < -0.39 is 0 Å². The number of nitrogens with one attached hydrogen (secondary N) is 3. The fraction of sp³-hybridized carbons (Fsp3) is 0.429. The van der Waals surface area contributed by atoms with Crippen molar-refractivity contribution in [1.82, 2.24) is 5.32 Å². The van der Waals surface area contributed by atoms with Gasteiger partial charge < -0.3 is 20.4 Å². The number of carbonyl (C=O) groups excluding carboxylic acids is 2. The summed E-state index contributed by atoms with van der Waals surface area (Å²) in [5.41, 5.74) is 1.32. The monoisotopic (exact) mass is 367 g/mol. The van der Waals surface area contributed by atoms with Crippen LogP contribution in [-0.2, 0) is 0 Å². The molecule has 2 aliphatic rings. The third-order valence-corrected chi connectivity index (χ3v) is 5.94. The SMILES string of the molecule is C[C@@H](NC(=O)Nc1ccc(NC(=O)c2ccco2)cc1)[C@H]1C[C@H]2CC[C@H]1C2. The average molecular weight is 367 g/mol. The summed E-state index contributed by atoms with van der Waals surface area (Å²) >= 11 is 0. The zero-order chi connectivity index (χ0) is 18.8. The summed E-state index contributed by atoms with van der Waals surface area (Å²) in [6.45, 7) is 2.11. The highest BCUT2D eigenvalue weighted by Gasteiger charge is 2.42. The Labute approximate surface area is 158 Å². The highest BCUT2D eigenvalue weighted by molar-refractivity contribution is 6.02. The van der Waals surface area contributed by atoms with E-state index in [-0.39, 0.29) is 23.7 Å². The first-order chi connectivity index (χ1) is 13.1. The maximum atomic E-state index is 12.3. The molecule has 0 spiro atoms. The summed E-state index contributed by atoms with van der Waals surface area (Å²) in [5, 5.41) is 8.70. The smallest absolute Gasteiger partial charge is 0.319 e. The minimum atomic E-state index is -0.307. The van der Waals surface area contributed by atoms with E-state index in [9.17, 15) is 9.59 Å². The molecule has 2 aliphatic carbocycles. The van der Waals surface area contributed by atoms with Crippen LogP contribution in [0.3, 0.4) is 0 Å². The van der Waals surface area contributed by atoms with Gasteiger partial charge in [0.2, 0.25) is 0 Å². The minimum Gasteiger partial charge on any atom is -0.459 e. The van der Waals surface area contributed by atoms with E-state index in [1.165, 1.54) is 31.9 Å². The van der Waals surface area contributed by atoms with Crippen LogP contribution in [0.4, 0.5) is 16.2 Å². The van der Waals surface area contributed by atoms with Gasteiger partial charge in [-0.15, -0.1) is 0 Å². The fourth-order valence-corrected chi connectivity index (χ4v) is 4.62. The molecule has 1 heterocycles. The molecule has 4 atom stereocenters. The first-order valence-corrected chi connectivity index (χ1v) is 9.61. The van der Waals surface area contributed by atoms with Crippen LogP contribution >= 0.6 is 0 Å². The molecule has 0 radical (unpaired) electrons. The van der Waals surface area contributed by atoms with Crippen molar-refractivity contribution < 1.29 is 14.0 Å². The van der Waals surface area contributed by atoms with Crippen molar-refractivity contribution >= 4 is 23.3 Å². The van der Waals surface area contributed by atoms with Crippen molar-refractivity contribution in [2.45, 2.75) is 38.6 Å². The standard InChI is InChI=1S/C21H25N3O3/c1-13(18-12-14-4-5-15(18)11-14)22-21(26)24-17-8-6-16(7-9-17)23-20(25)19-3-2-10-27-19/h2-3,6-10,13-15,18H,4-5,11-12H2,1H3,(H,23,25)(H2,22,24,26)/t13-,14+,15+,18-/m1/s1. The Balaban J connectivity index is 1.27. The van der Waals surface area contributed by atoms with E-state index in [1.54, 1.807) is 36.4 Å². The van der Waals surface area contributed by atoms with E-state index in [1.807, 2.05) is 0 Å². The molecule has 27 heavy (non-hydrogen) atoms. The molecule has 0 unspecified atom stereocenters. The zero-order valence-corrected chi connectivity index (χ0v) is 15.4. The summed E-state index contributed by atoms with van der Waals surface area (Å²) in [6, 6.07) is 10.3. The van der Waals surface area contributed by atoms with Crippen LogP contribution in [0.1, 0.15) is 43.2 Å². The third kappa shape index (κ3) is 3.99. The molecule has 2 aromatic rings. The van der Waals surface area contributed by atoms with Crippen LogP contribution in [0.5, 0.6) is 0 Å². The molecule has 1 aromatic carbocycles. The van der Waals surface area contributed by atoms with Crippen molar-refractivity contribution in [2.24, 2.45) is 17.8 Å². The number of hydrogen-bond donors (Lipinski definition) is 3. The van der Waals surface area contributed by atoms with Crippen LogP contribution in [0.25, 0.3) is 0 Å². The molecule has 6 heteroatoms. The van der Waals surface area contributed by atoms with Crippen molar-refractivity contribution in [3.63, 3.8) is 0 Å². The van der Waals surface area contributed by atoms with Gasteiger partial charge in [-0.1, -0.05) is 6.42 Å². The second kappa shape index (κ2) is 7.47. The van der Waals surface area contributed by atoms with Gasteiger partial charge in [0.1, 0.15) is 0 Å². The first-order valence-electron chi connectivity index (χ1n) is 9.61. The molecule has 0 aliphatic heterocycles. The Morgan fingerprint density at radius 3 is 2.37 bits per heavy atom. The summed E-state index contributed by atoms with van der Waals surface area (Å²) in [5.74, 6) is 2.21. The molecule has 142 valence electrons. The lowest BCUT2D eigenvalue weighted by molar-refractivity contribution is 0.0996. The number of rotatable bonds is 5. The second-order valence-corrected chi connectivity index (χ2v) is 7.73. The lowest BCUT2D eigenvalue weighted by Gasteiger charge is -2.28. The lowest BCUT2D eigenvalue weighted by Crippen LogP contribution is -2.42. The number of fused-ring (bicyclic) bond motifs is 2. The van der Waals surface area contributed by atoms with Crippen LogP contribution in [-0.4, -0.2) is 18.0 Å². The topological polar surface area (TPSA) is 83.4 Å². The molecule has 1 aromatic heterocycles. The lowest BCUT2D eigenvalue weighted by atomic mass is 9.84. The van der Waals surface area contributed by atoms with Gasteiger partial charge in [0.15, 0.2) is 5.76 Å². The highest BCUT2D eigenvalue weighted by Crippen LogP contribution is 2.49. The van der Waals surface area contributed by atoms with Gasteiger partial charge in [0, 0.05) is 17.4 Å². The Bertz CT molecular complexity index is 801. The number of benzene rings is 1. The second-order valence-electron chi connectivity index (χ2n) is 7.73. The summed E-state index contributed by atoms with van der Waals surface area (Å²) in [6.07, 6.45) is 6.72. The fourth-order valence-electron chi connectivity index (χ4n) is 4.62. The molecule has 6 nitrogen and oxygen atoms in total. The van der Waals surface area contributed by atoms with Gasteiger partial charge in [-0.2, -0.15) is 0 Å². The quantitative estimate of drug-likeness (QED) is 0.729. The van der Waals surface area contributed by atoms with Crippen LogP contribution in [0.2, 0.25) is 0 Å². The predicted molar refractivity (Wildman–Crippen MR) is 104 cm³/mol. The molecule has 3 N–H and O–H groups in total. The van der Waals surface area contributed by atoms with Gasteiger partial charge in [-0.05, 0) is 80.3 Å². The summed E-state index contributed by atoms with van der Waals surface area (Å²) in [7, 11) is 0. The van der Waals surface area contributed by atoms with Crippen molar-refractivity contribution in [1.29, 1.82) is 0 Å². The molecular weight excluding hydrogens is 342 g/mol. The number of furan rings is 1. The average Bonchev–Trinajstić information content (AvgIpc) is 3.41. The van der Waals surface area contributed by atoms with E-state index in [4.69, 9.17) is 4.42 Å². The Morgan fingerprint density at radius 1 is 1.04 bits per heavy atom. The van der Waals surface area contributed by atoms with E-state index >= 15 is 0 Å². The third-order valence-electron chi connectivity index (χ3n) is 5.94. The molecular formula is C21H25N3O3. The number of amides is 3. The predicted octanol–water partition coefficient (Wildman–Crippen LogP) is 4.48. The van der Waals surface area contributed by atoms with Crippen molar-refractivity contribution in [3.8, 4) is 0 Å². The number of anilines is 2. The molecule has 2 saturated carbocycles. The number of hydrogen-bond acceptors (Lipinski definition) is 3. The maximum absolute atomic E-state index is 12.3. The van der Waals surface area contributed by atoms with Gasteiger partial charge in [0.25, 0.3) is 5.91 Å².